The lowest BCUT2D eigenvalue weighted by molar-refractivity contribution is 1.22. The lowest BCUT2D eigenvalue weighted by Gasteiger charge is -2.04. The van der Waals surface area contributed by atoms with Crippen molar-refractivity contribution < 1.29 is 0 Å². The summed E-state index contributed by atoms with van der Waals surface area (Å²) in [6.45, 7) is 4.10. The maximum atomic E-state index is 4.43. The van der Waals surface area contributed by atoms with Gasteiger partial charge in [-0.05, 0) is 38.1 Å². The zero-order valence-corrected chi connectivity index (χ0v) is 14.3. The number of benzene rings is 3. The smallest absolute Gasteiger partial charge is 0.201 e. The molecule has 0 heterocycles. The quantitative estimate of drug-likeness (QED) is 0.277. The van der Waals surface area contributed by atoms with Crippen LogP contribution in [-0.4, -0.2) is 5.84 Å². The van der Waals surface area contributed by atoms with Crippen LogP contribution in [0.25, 0.3) is 0 Å². The number of rotatable bonds is 4. The van der Waals surface area contributed by atoms with Gasteiger partial charge < -0.3 is 0 Å². The molecule has 3 aromatic rings. The predicted molar refractivity (Wildman–Crippen MR) is 103 cm³/mol. The third-order valence-electron chi connectivity index (χ3n) is 3.67. The summed E-state index contributed by atoms with van der Waals surface area (Å²) in [4.78, 5) is 0. The van der Waals surface area contributed by atoms with E-state index in [0.29, 0.717) is 5.84 Å². The molecule has 0 atom stereocenters. The number of azo groups is 1. The van der Waals surface area contributed by atoms with Crippen LogP contribution >= 0.6 is 0 Å². The third kappa shape index (κ3) is 4.85. The molecule has 0 fully saturated rings. The van der Waals surface area contributed by atoms with Gasteiger partial charge in [0.25, 0.3) is 0 Å². The number of hydrogen-bond donors (Lipinski definition) is 1. The summed E-state index contributed by atoms with van der Waals surface area (Å²) < 4.78 is 0. The standard InChI is InChI=1S/C21H20N4/c1-16-8-12-19(13-9-16)22-24-21(18-6-4-3-5-7-18)25-23-20-14-10-17(2)11-15-20/h3-15,22H,1-2H3/b24-21-,25-23?. The number of aryl methyl sites for hydroxylation is 2. The Labute approximate surface area is 148 Å². The number of hydrazone groups is 1. The summed E-state index contributed by atoms with van der Waals surface area (Å²) in [5, 5.41) is 13.1. The second-order valence-corrected chi connectivity index (χ2v) is 5.81. The lowest BCUT2D eigenvalue weighted by Crippen LogP contribution is -2.01. The van der Waals surface area contributed by atoms with Crippen LogP contribution < -0.4 is 5.43 Å². The van der Waals surface area contributed by atoms with Gasteiger partial charge in [0.2, 0.25) is 5.84 Å². The van der Waals surface area contributed by atoms with Crippen molar-refractivity contribution in [2.24, 2.45) is 15.3 Å². The minimum atomic E-state index is 0.529. The number of hydrogen-bond acceptors (Lipinski definition) is 3. The molecule has 4 nitrogen and oxygen atoms in total. The highest BCUT2D eigenvalue weighted by Gasteiger charge is 2.02. The number of nitrogens with one attached hydrogen (secondary N) is 1. The first-order chi connectivity index (χ1) is 12.2. The van der Waals surface area contributed by atoms with E-state index in [1.54, 1.807) is 0 Å². The highest BCUT2D eigenvalue weighted by Crippen LogP contribution is 2.15. The minimum Gasteiger partial charge on any atom is -0.276 e. The Morgan fingerprint density at radius 3 is 1.96 bits per heavy atom. The zero-order valence-electron chi connectivity index (χ0n) is 14.3. The van der Waals surface area contributed by atoms with Gasteiger partial charge in [0.05, 0.1) is 11.4 Å². The van der Waals surface area contributed by atoms with Gasteiger partial charge in [0.1, 0.15) is 0 Å². The number of nitrogens with zero attached hydrogens (tertiary/aromatic N) is 3. The van der Waals surface area contributed by atoms with Gasteiger partial charge in [0, 0.05) is 5.56 Å². The fourth-order valence-electron chi connectivity index (χ4n) is 2.19. The van der Waals surface area contributed by atoms with Gasteiger partial charge in [0.15, 0.2) is 0 Å². The molecule has 0 aromatic heterocycles. The Morgan fingerprint density at radius 2 is 1.32 bits per heavy atom. The van der Waals surface area contributed by atoms with Crippen molar-refractivity contribution in [3.05, 3.63) is 95.6 Å². The molecule has 0 amide bonds. The molecule has 4 heteroatoms. The normalized spacial score (nSPS) is 11.7. The largest absolute Gasteiger partial charge is 0.276 e. The molecule has 124 valence electrons. The first kappa shape index (κ1) is 16.6. The summed E-state index contributed by atoms with van der Waals surface area (Å²) in [5.74, 6) is 0.529. The molecule has 25 heavy (non-hydrogen) atoms. The molecule has 0 saturated heterocycles. The zero-order chi connectivity index (χ0) is 17.5. The predicted octanol–water partition coefficient (Wildman–Crippen LogP) is 5.86. The maximum absolute atomic E-state index is 4.43. The van der Waals surface area contributed by atoms with Crippen LogP contribution in [0.1, 0.15) is 16.7 Å². The van der Waals surface area contributed by atoms with Gasteiger partial charge in [-0.3, -0.25) is 5.43 Å². The summed E-state index contributed by atoms with van der Waals surface area (Å²) >= 11 is 0. The molecule has 0 radical (unpaired) electrons. The van der Waals surface area contributed by atoms with E-state index >= 15 is 0 Å². The van der Waals surface area contributed by atoms with Crippen molar-refractivity contribution in [3.63, 3.8) is 0 Å². The fraction of sp³-hybridized carbons (Fsp3) is 0.0952. The van der Waals surface area contributed by atoms with E-state index in [-0.39, 0.29) is 0 Å². The summed E-state index contributed by atoms with van der Waals surface area (Å²) in [6, 6.07) is 25.7. The summed E-state index contributed by atoms with van der Waals surface area (Å²) in [5.41, 5.74) is 8.05. The van der Waals surface area contributed by atoms with Crippen LogP contribution in [0.5, 0.6) is 0 Å². The average molecular weight is 328 g/mol. The van der Waals surface area contributed by atoms with Gasteiger partial charge >= 0.3 is 0 Å². The van der Waals surface area contributed by atoms with Crippen LogP contribution in [0.2, 0.25) is 0 Å². The van der Waals surface area contributed by atoms with Crippen LogP contribution in [0.3, 0.4) is 0 Å². The maximum Gasteiger partial charge on any atom is 0.201 e. The van der Waals surface area contributed by atoms with E-state index in [1.807, 2.05) is 85.8 Å². The molecular weight excluding hydrogens is 308 g/mol. The molecule has 0 aliphatic heterocycles. The fourth-order valence-corrected chi connectivity index (χ4v) is 2.19. The molecule has 0 unspecified atom stereocenters. The molecule has 0 aliphatic carbocycles. The van der Waals surface area contributed by atoms with Crippen LogP contribution in [0.15, 0.2) is 94.2 Å². The molecule has 1 N–H and O–H groups in total. The highest BCUT2D eigenvalue weighted by molar-refractivity contribution is 5.99. The summed E-state index contributed by atoms with van der Waals surface area (Å²) in [6.07, 6.45) is 0. The molecule has 0 bridgehead atoms. The van der Waals surface area contributed by atoms with Crippen molar-refractivity contribution in [2.75, 3.05) is 5.43 Å². The van der Waals surface area contributed by atoms with E-state index in [2.05, 4.69) is 27.7 Å². The topological polar surface area (TPSA) is 49.1 Å². The molecular formula is C21H20N4. The van der Waals surface area contributed by atoms with Crippen molar-refractivity contribution in [1.29, 1.82) is 0 Å². The Kier molecular flexibility index (Phi) is 5.32. The molecule has 3 rings (SSSR count). The van der Waals surface area contributed by atoms with Crippen molar-refractivity contribution in [2.45, 2.75) is 13.8 Å². The first-order valence-corrected chi connectivity index (χ1v) is 8.15. The molecule has 0 spiro atoms. The molecule has 3 aromatic carbocycles. The summed E-state index contributed by atoms with van der Waals surface area (Å²) in [7, 11) is 0. The van der Waals surface area contributed by atoms with Crippen molar-refractivity contribution in [1.82, 2.24) is 0 Å². The van der Waals surface area contributed by atoms with Gasteiger partial charge in [-0.1, -0.05) is 65.7 Å². The van der Waals surface area contributed by atoms with Crippen LogP contribution in [0.4, 0.5) is 11.4 Å². The molecule has 0 saturated carbocycles. The number of anilines is 1. The highest BCUT2D eigenvalue weighted by atomic mass is 15.3. The Balaban J connectivity index is 1.85. The number of amidine groups is 1. The second kappa shape index (κ2) is 8.02. The van der Waals surface area contributed by atoms with Crippen LogP contribution in [-0.2, 0) is 0 Å². The third-order valence-corrected chi connectivity index (χ3v) is 3.67. The first-order valence-electron chi connectivity index (χ1n) is 8.15. The Hall–Kier alpha value is -3.27. The van der Waals surface area contributed by atoms with Gasteiger partial charge in [-0.15, -0.1) is 10.2 Å². The van der Waals surface area contributed by atoms with Crippen LogP contribution in [0, 0.1) is 13.8 Å². The molecule has 0 aliphatic rings. The average Bonchev–Trinajstić information content (AvgIpc) is 2.65. The van der Waals surface area contributed by atoms with Gasteiger partial charge in [-0.2, -0.15) is 5.10 Å². The van der Waals surface area contributed by atoms with E-state index in [9.17, 15) is 0 Å². The SMILES string of the molecule is Cc1ccc(N=N/C(=N\Nc2ccc(C)cc2)c2ccccc2)cc1. The second-order valence-electron chi connectivity index (χ2n) is 5.81. The van der Waals surface area contributed by atoms with E-state index < -0.39 is 0 Å². The van der Waals surface area contributed by atoms with E-state index in [1.165, 1.54) is 11.1 Å². The lowest BCUT2D eigenvalue weighted by atomic mass is 10.2. The Bertz CT molecular complexity index is 864. The minimum absolute atomic E-state index is 0.529. The monoisotopic (exact) mass is 328 g/mol. The van der Waals surface area contributed by atoms with Crippen molar-refractivity contribution in [3.8, 4) is 0 Å². The van der Waals surface area contributed by atoms with E-state index in [4.69, 9.17) is 0 Å². The van der Waals surface area contributed by atoms with Crippen molar-refractivity contribution >= 4 is 17.2 Å². The van der Waals surface area contributed by atoms with Gasteiger partial charge in [-0.25, -0.2) is 0 Å². The Morgan fingerprint density at radius 1 is 0.720 bits per heavy atom. The van der Waals surface area contributed by atoms with E-state index in [0.717, 1.165) is 16.9 Å².